The Labute approximate surface area is 146 Å². The van der Waals surface area contributed by atoms with Crippen LogP contribution in [-0.4, -0.2) is 25.3 Å². The van der Waals surface area contributed by atoms with Crippen LogP contribution in [0.2, 0.25) is 0 Å². The van der Waals surface area contributed by atoms with E-state index in [0.29, 0.717) is 30.3 Å². The Morgan fingerprint density at radius 2 is 1.79 bits per heavy atom. The first-order valence-corrected chi connectivity index (χ1v) is 8.26. The van der Waals surface area contributed by atoms with Gasteiger partial charge in [-0.05, 0) is 24.6 Å². The van der Waals surface area contributed by atoms with Gasteiger partial charge >= 0.3 is 5.69 Å². The molecule has 7 nitrogen and oxygen atoms in total. The van der Waals surface area contributed by atoms with Crippen molar-refractivity contribution in [2.24, 2.45) is 14.1 Å². The molecule has 0 atom stereocenters. The van der Waals surface area contributed by atoms with E-state index in [1.165, 1.54) is 11.6 Å². The number of benzene rings is 1. The molecule has 3 rings (SSSR count). The lowest BCUT2D eigenvalue weighted by molar-refractivity contribution is 0.301. The minimum atomic E-state index is -0.413. The predicted molar refractivity (Wildman–Crippen MR) is 94.6 cm³/mol. The lowest BCUT2D eigenvalue weighted by Gasteiger charge is -2.09. The van der Waals surface area contributed by atoms with Gasteiger partial charge in [-0.15, -0.1) is 0 Å². The van der Waals surface area contributed by atoms with Gasteiger partial charge in [-0.25, -0.2) is 4.79 Å². The summed E-state index contributed by atoms with van der Waals surface area (Å²) in [6.07, 6.45) is 0. The molecule has 126 valence electrons. The molecule has 0 spiro atoms. The molecule has 0 radical (unpaired) electrons. The van der Waals surface area contributed by atoms with Gasteiger partial charge in [-0.3, -0.25) is 18.5 Å². The van der Waals surface area contributed by atoms with Gasteiger partial charge in [0.1, 0.15) is 0 Å². The molecule has 0 unspecified atom stereocenters. The minimum Gasteiger partial charge on any atom is -0.465 e. The average molecular weight is 393 g/mol. The van der Waals surface area contributed by atoms with Crippen LogP contribution in [0.4, 0.5) is 0 Å². The number of ether oxygens (including phenoxy) is 1. The van der Waals surface area contributed by atoms with Crippen molar-refractivity contribution >= 4 is 27.1 Å². The van der Waals surface area contributed by atoms with E-state index in [1.807, 2.05) is 31.2 Å². The van der Waals surface area contributed by atoms with Crippen LogP contribution in [0.5, 0.6) is 6.01 Å². The van der Waals surface area contributed by atoms with Gasteiger partial charge in [0.2, 0.25) is 0 Å². The molecule has 1 aromatic carbocycles. The third-order valence-electron chi connectivity index (χ3n) is 3.84. The summed E-state index contributed by atoms with van der Waals surface area (Å²) in [5.41, 5.74) is 0.872. The van der Waals surface area contributed by atoms with Crippen molar-refractivity contribution in [2.75, 3.05) is 6.61 Å². The van der Waals surface area contributed by atoms with Gasteiger partial charge < -0.3 is 4.74 Å². The first-order valence-electron chi connectivity index (χ1n) is 7.47. The maximum atomic E-state index is 12.6. The molecule has 8 heteroatoms. The molecule has 0 saturated heterocycles. The van der Waals surface area contributed by atoms with Crippen LogP contribution in [0.15, 0.2) is 38.3 Å². The second-order valence-corrected chi connectivity index (χ2v) is 6.33. The zero-order valence-corrected chi connectivity index (χ0v) is 15.2. The number of hydrogen-bond donors (Lipinski definition) is 0. The number of fused-ring (bicyclic) bond motifs is 1. The number of nitrogens with zero attached hydrogens (tertiary/aromatic N) is 4. The van der Waals surface area contributed by atoms with Gasteiger partial charge in [0.05, 0.1) is 13.2 Å². The molecule has 0 saturated carbocycles. The SMILES string of the molecule is CCOc1nc2c(c(=O)n(C)c(=O)n2C)n1Cc1ccc(Br)cc1. The van der Waals surface area contributed by atoms with Crippen LogP contribution in [-0.2, 0) is 20.6 Å². The molecule has 3 aromatic rings. The third kappa shape index (κ3) is 2.66. The maximum Gasteiger partial charge on any atom is 0.332 e. The van der Waals surface area contributed by atoms with E-state index in [0.717, 1.165) is 14.6 Å². The van der Waals surface area contributed by atoms with E-state index in [2.05, 4.69) is 20.9 Å². The quantitative estimate of drug-likeness (QED) is 0.676. The average Bonchev–Trinajstić information content (AvgIpc) is 2.92. The zero-order chi connectivity index (χ0) is 17.4. The lowest BCUT2D eigenvalue weighted by Crippen LogP contribution is -2.37. The number of imidazole rings is 1. The van der Waals surface area contributed by atoms with Crippen molar-refractivity contribution in [2.45, 2.75) is 13.5 Å². The summed E-state index contributed by atoms with van der Waals surface area (Å²) in [5.74, 6) is 0. The number of aromatic nitrogens is 4. The van der Waals surface area contributed by atoms with Crippen molar-refractivity contribution in [1.29, 1.82) is 0 Å². The topological polar surface area (TPSA) is 71.1 Å². The summed E-state index contributed by atoms with van der Waals surface area (Å²) in [7, 11) is 3.05. The van der Waals surface area contributed by atoms with Crippen molar-refractivity contribution < 1.29 is 4.74 Å². The van der Waals surface area contributed by atoms with Crippen LogP contribution in [0.1, 0.15) is 12.5 Å². The van der Waals surface area contributed by atoms with Gasteiger partial charge in [0, 0.05) is 18.6 Å². The Morgan fingerprint density at radius 1 is 1.12 bits per heavy atom. The van der Waals surface area contributed by atoms with Crippen LogP contribution in [0.3, 0.4) is 0 Å². The number of hydrogen-bond acceptors (Lipinski definition) is 4. The monoisotopic (exact) mass is 392 g/mol. The Morgan fingerprint density at radius 3 is 2.42 bits per heavy atom. The fourth-order valence-electron chi connectivity index (χ4n) is 2.58. The molecule has 0 fully saturated rings. The van der Waals surface area contributed by atoms with Crippen molar-refractivity contribution in [3.63, 3.8) is 0 Å². The Bertz CT molecular complexity index is 1010. The van der Waals surface area contributed by atoms with Gasteiger partial charge in [-0.2, -0.15) is 4.98 Å². The second kappa shape index (κ2) is 6.27. The number of aryl methyl sites for hydroxylation is 1. The highest BCUT2D eigenvalue weighted by Gasteiger charge is 2.20. The van der Waals surface area contributed by atoms with Crippen molar-refractivity contribution in [3.8, 4) is 6.01 Å². The molecule has 0 aliphatic carbocycles. The van der Waals surface area contributed by atoms with E-state index in [-0.39, 0.29) is 5.56 Å². The highest BCUT2D eigenvalue weighted by Crippen LogP contribution is 2.20. The fraction of sp³-hybridized carbons (Fsp3) is 0.312. The molecule has 2 heterocycles. The molecule has 0 amide bonds. The van der Waals surface area contributed by atoms with E-state index in [4.69, 9.17) is 4.74 Å². The lowest BCUT2D eigenvalue weighted by atomic mass is 10.2. The second-order valence-electron chi connectivity index (χ2n) is 5.42. The Hall–Kier alpha value is -2.35. The highest BCUT2D eigenvalue weighted by molar-refractivity contribution is 9.10. The summed E-state index contributed by atoms with van der Waals surface area (Å²) in [6.45, 7) is 2.69. The fourth-order valence-corrected chi connectivity index (χ4v) is 2.85. The van der Waals surface area contributed by atoms with Crippen LogP contribution >= 0.6 is 15.9 Å². The molecule has 2 aromatic heterocycles. The summed E-state index contributed by atoms with van der Waals surface area (Å²) in [5, 5.41) is 0. The predicted octanol–water partition coefficient (Wildman–Crippen LogP) is 1.64. The standard InChI is InChI=1S/C16H17BrN4O3/c1-4-24-15-18-13-12(14(22)20(3)16(23)19(13)2)21(15)9-10-5-7-11(17)8-6-10/h5-8H,4,9H2,1-3H3. The summed E-state index contributed by atoms with van der Waals surface area (Å²) in [6, 6.07) is 8.11. The maximum absolute atomic E-state index is 12.6. The molecular weight excluding hydrogens is 376 g/mol. The van der Waals surface area contributed by atoms with Crippen LogP contribution in [0, 0.1) is 0 Å². The minimum absolute atomic E-state index is 0.323. The Balaban J connectivity index is 2.28. The van der Waals surface area contributed by atoms with Gasteiger partial charge in [-0.1, -0.05) is 28.1 Å². The van der Waals surface area contributed by atoms with Gasteiger partial charge in [0.15, 0.2) is 11.2 Å². The number of halogens is 1. The zero-order valence-electron chi connectivity index (χ0n) is 13.6. The van der Waals surface area contributed by atoms with E-state index < -0.39 is 5.69 Å². The largest absolute Gasteiger partial charge is 0.465 e. The molecule has 24 heavy (non-hydrogen) atoms. The summed E-state index contributed by atoms with van der Waals surface area (Å²) >= 11 is 3.41. The molecule has 0 bridgehead atoms. The van der Waals surface area contributed by atoms with Crippen molar-refractivity contribution in [1.82, 2.24) is 18.7 Å². The molecule has 0 aliphatic rings. The van der Waals surface area contributed by atoms with E-state index in [1.54, 1.807) is 11.6 Å². The smallest absolute Gasteiger partial charge is 0.332 e. The van der Waals surface area contributed by atoms with Crippen LogP contribution < -0.4 is 16.0 Å². The first-order chi connectivity index (χ1) is 11.4. The molecular formula is C16H17BrN4O3. The molecule has 0 N–H and O–H groups in total. The normalized spacial score (nSPS) is 11.2. The number of rotatable bonds is 4. The van der Waals surface area contributed by atoms with Crippen LogP contribution in [0.25, 0.3) is 11.2 Å². The summed E-state index contributed by atoms with van der Waals surface area (Å²) < 4.78 is 10.7. The third-order valence-corrected chi connectivity index (χ3v) is 4.37. The molecule has 0 aliphatic heterocycles. The van der Waals surface area contributed by atoms with E-state index >= 15 is 0 Å². The van der Waals surface area contributed by atoms with E-state index in [9.17, 15) is 9.59 Å². The Kier molecular flexibility index (Phi) is 4.31. The first kappa shape index (κ1) is 16.5. The summed E-state index contributed by atoms with van der Waals surface area (Å²) in [4.78, 5) is 29.1. The van der Waals surface area contributed by atoms with Gasteiger partial charge in [0.25, 0.3) is 11.6 Å². The highest BCUT2D eigenvalue weighted by atomic mass is 79.9. The van der Waals surface area contributed by atoms with Crippen molar-refractivity contribution in [3.05, 3.63) is 55.1 Å².